The van der Waals surface area contributed by atoms with E-state index in [0.29, 0.717) is 4.68 Å². The molecule has 0 fully saturated rings. The largest absolute Gasteiger partial charge is 0.334 e. The number of hydrogen-bond acceptors (Lipinski definition) is 2. The summed E-state index contributed by atoms with van der Waals surface area (Å²) in [5.74, 6) is 0. The highest BCUT2D eigenvalue weighted by Gasteiger charge is 2.09. The van der Waals surface area contributed by atoms with Gasteiger partial charge >= 0.3 is 6.55 Å². The first kappa shape index (κ1) is 6.68. The van der Waals surface area contributed by atoms with Crippen molar-refractivity contribution >= 4 is 0 Å². The van der Waals surface area contributed by atoms with Crippen molar-refractivity contribution in [3.63, 3.8) is 0 Å². The third-order valence-electron chi connectivity index (χ3n) is 0.970. The molecular weight excluding hydrogens is 140 g/mol. The molecule has 0 aliphatic carbocycles. The van der Waals surface area contributed by atoms with Gasteiger partial charge in [-0.3, -0.25) is 0 Å². The SMILES string of the molecule is N#Cc1ccnn1C(F)F. The third-order valence-corrected chi connectivity index (χ3v) is 0.970. The average molecular weight is 143 g/mol. The maximum Gasteiger partial charge on any atom is 0.334 e. The van der Waals surface area contributed by atoms with Crippen LogP contribution in [0.5, 0.6) is 0 Å². The van der Waals surface area contributed by atoms with Crippen LogP contribution in [-0.2, 0) is 0 Å². The minimum Gasteiger partial charge on any atom is -0.194 e. The van der Waals surface area contributed by atoms with Gasteiger partial charge in [0.25, 0.3) is 0 Å². The normalized spacial score (nSPS) is 9.80. The molecule has 0 amide bonds. The van der Waals surface area contributed by atoms with E-state index < -0.39 is 6.55 Å². The van der Waals surface area contributed by atoms with Crippen molar-refractivity contribution in [3.8, 4) is 6.07 Å². The molecule has 0 radical (unpaired) electrons. The van der Waals surface area contributed by atoms with Gasteiger partial charge < -0.3 is 0 Å². The number of nitriles is 1. The maximum atomic E-state index is 11.8. The summed E-state index contributed by atoms with van der Waals surface area (Å²) in [6, 6.07) is 2.81. The van der Waals surface area contributed by atoms with Gasteiger partial charge in [0.05, 0.1) is 6.20 Å². The second-order valence-electron chi connectivity index (χ2n) is 1.55. The van der Waals surface area contributed by atoms with E-state index in [1.54, 1.807) is 6.07 Å². The Labute approximate surface area is 55.5 Å². The van der Waals surface area contributed by atoms with E-state index in [4.69, 9.17) is 5.26 Å². The minimum atomic E-state index is -2.73. The molecule has 10 heavy (non-hydrogen) atoms. The summed E-state index contributed by atoms with van der Waals surface area (Å²) in [7, 11) is 0. The van der Waals surface area contributed by atoms with Crippen LogP contribution in [0, 0.1) is 11.3 Å². The van der Waals surface area contributed by atoms with E-state index in [0.717, 1.165) is 6.20 Å². The Bertz CT molecular complexity index is 260. The van der Waals surface area contributed by atoms with Gasteiger partial charge in [0.15, 0.2) is 0 Å². The Kier molecular flexibility index (Phi) is 1.63. The highest BCUT2D eigenvalue weighted by atomic mass is 19.3. The van der Waals surface area contributed by atoms with Crippen molar-refractivity contribution in [1.29, 1.82) is 5.26 Å². The van der Waals surface area contributed by atoms with Crippen LogP contribution < -0.4 is 0 Å². The number of rotatable bonds is 1. The van der Waals surface area contributed by atoms with Gasteiger partial charge in [-0.1, -0.05) is 0 Å². The first-order valence-electron chi connectivity index (χ1n) is 2.47. The number of hydrogen-bond donors (Lipinski definition) is 0. The van der Waals surface area contributed by atoms with Gasteiger partial charge in [-0.25, -0.2) is 0 Å². The molecule has 0 unspecified atom stereocenters. The second-order valence-corrected chi connectivity index (χ2v) is 1.55. The molecule has 0 spiro atoms. The van der Waals surface area contributed by atoms with Crippen LogP contribution >= 0.6 is 0 Å². The Morgan fingerprint density at radius 1 is 1.70 bits per heavy atom. The summed E-state index contributed by atoms with van der Waals surface area (Å²) in [5.41, 5.74) is -0.130. The fourth-order valence-electron chi connectivity index (χ4n) is 0.558. The van der Waals surface area contributed by atoms with E-state index >= 15 is 0 Å². The lowest BCUT2D eigenvalue weighted by molar-refractivity contribution is 0.0557. The van der Waals surface area contributed by atoms with Crippen molar-refractivity contribution in [3.05, 3.63) is 18.0 Å². The molecule has 0 aliphatic heterocycles. The number of nitrogens with zero attached hydrogens (tertiary/aromatic N) is 3. The monoisotopic (exact) mass is 143 g/mol. The molecule has 0 saturated carbocycles. The second kappa shape index (κ2) is 2.43. The molecular formula is C5H3F2N3. The zero-order chi connectivity index (χ0) is 7.56. The van der Waals surface area contributed by atoms with Crippen LogP contribution in [0.2, 0.25) is 0 Å². The molecule has 0 aromatic carbocycles. The maximum absolute atomic E-state index is 11.8. The Hall–Kier alpha value is -1.44. The van der Waals surface area contributed by atoms with Gasteiger partial charge in [-0.15, -0.1) is 0 Å². The molecule has 5 heteroatoms. The van der Waals surface area contributed by atoms with Gasteiger partial charge in [-0.05, 0) is 6.07 Å². The summed E-state index contributed by atoms with van der Waals surface area (Å²) >= 11 is 0. The molecule has 3 nitrogen and oxygen atoms in total. The Morgan fingerprint density at radius 2 is 2.40 bits per heavy atom. The number of aromatic nitrogens is 2. The summed E-state index contributed by atoms with van der Waals surface area (Å²) in [5, 5.41) is 11.4. The van der Waals surface area contributed by atoms with E-state index in [-0.39, 0.29) is 5.69 Å². The first-order chi connectivity index (χ1) is 4.75. The molecule has 1 rings (SSSR count). The lowest BCUT2D eigenvalue weighted by atomic mass is 10.5. The topological polar surface area (TPSA) is 41.6 Å². The fraction of sp³-hybridized carbons (Fsp3) is 0.200. The van der Waals surface area contributed by atoms with Gasteiger partial charge in [0, 0.05) is 0 Å². The zero-order valence-corrected chi connectivity index (χ0v) is 4.83. The van der Waals surface area contributed by atoms with Crippen molar-refractivity contribution in [2.24, 2.45) is 0 Å². The molecule has 0 N–H and O–H groups in total. The van der Waals surface area contributed by atoms with Crippen molar-refractivity contribution < 1.29 is 8.78 Å². The molecule has 0 bridgehead atoms. The molecule has 1 heterocycles. The van der Waals surface area contributed by atoms with Crippen LogP contribution in [0.4, 0.5) is 8.78 Å². The van der Waals surface area contributed by atoms with Crippen LogP contribution in [0.1, 0.15) is 12.2 Å². The summed E-state index contributed by atoms with van der Waals surface area (Å²) in [6.45, 7) is -2.73. The summed E-state index contributed by atoms with van der Waals surface area (Å²) in [6.07, 6.45) is 1.16. The highest BCUT2D eigenvalue weighted by molar-refractivity contribution is 5.18. The first-order valence-corrected chi connectivity index (χ1v) is 2.47. The lowest BCUT2D eigenvalue weighted by Crippen LogP contribution is -2.02. The fourth-order valence-corrected chi connectivity index (χ4v) is 0.558. The van der Waals surface area contributed by atoms with Crippen molar-refractivity contribution in [1.82, 2.24) is 9.78 Å². The molecule has 1 aromatic heterocycles. The van der Waals surface area contributed by atoms with Crippen LogP contribution in [-0.4, -0.2) is 9.78 Å². The summed E-state index contributed by atoms with van der Waals surface area (Å²) in [4.78, 5) is 0. The number of alkyl halides is 2. The molecule has 0 saturated heterocycles. The predicted octanol–water partition coefficient (Wildman–Crippen LogP) is 1.15. The zero-order valence-electron chi connectivity index (χ0n) is 4.83. The van der Waals surface area contributed by atoms with Gasteiger partial charge in [-0.2, -0.15) is 23.8 Å². The average Bonchev–Trinajstić information content (AvgIpc) is 2.33. The van der Waals surface area contributed by atoms with Crippen LogP contribution in [0.3, 0.4) is 0 Å². The van der Waals surface area contributed by atoms with Crippen molar-refractivity contribution in [2.75, 3.05) is 0 Å². The predicted molar refractivity (Wildman–Crippen MR) is 28.2 cm³/mol. The highest BCUT2D eigenvalue weighted by Crippen LogP contribution is 2.10. The lowest BCUT2D eigenvalue weighted by Gasteiger charge is -1.97. The van der Waals surface area contributed by atoms with Gasteiger partial charge in [0.1, 0.15) is 11.8 Å². The molecule has 52 valence electrons. The molecule has 0 aliphatic rings. The minimum absolute atomic E-state index is 0.130. The number of halogens is 2. The van der Waals surface area contributed by atoms with Crippen LogP contribution in [0.15, 0.2) is 12.3 Å². The van der Waals surface area contributed by atoms with E-state index in [1.807, 2.05) is 0 Å². The van der Waals surface area contributed by atoms with Crippen LogP contribution in [0.25, 0.3) is 0 Å². The van der Waals surface area contributed by atoms with E-state index in [1.165, 1.54) is 6.07 Å². The van der Waals surface area contributed by atoms with Gasteiger partial charge in [0.2, 0.25) is 0 Å². The third kappa shape index (κ3) is 0.957. The standard InChI is InChI=1S/C5H3F2N3/c6-5(7)10-4(3-8)1-2-9-10/h1-2,5H. The van der Waals surface area contributed by atoms with E-state index in [2.05, 4.69) is 5.10 Å². The van der Waals surface area contributed by atoms with Crippen molar-refractivity contribution in [2.45, 2.75) is 6.55 Å². The Balaban J connectivity index is 3.05. The van der Waals surface area contributed by atoms with E-state index in [9.17, 15) is 8.78 Å². The smallest absolute Gasteiger partial charge is 0.194 e. The summed E-state index contributed by atoms with van der Waals surface area (Å²) < 4.78 is 24.0. The molecule has 1 aromatic rings. The molecule has 0 atom stereocenters. The Morgan fingerprint density at radius 3 is 2.80 bits per heavy atom. The quantitative estimate of drug-likeness (QED) is 0.591.